The molecule has 0 aromatic heterocycles. The first-order valence-electron chi connectivity index (χ1n) is 7.62. The van der Waals surface area contributed by atoms with Crippen LogP contribution in [0.15, 0.2) is 0 Å². The van der Waals surface area contributed by atoms with Crippen molar-refractivity contribution < 1.29 is 14.2 Å². The zero-order valence-electron chi connectivity index (χ0n) is 12.0. The molecule has 18 heavy (non-hydrogen) atoms. The van der Waals surface area contributed by atoms with Crippen LogP contribution < -0.4 is 0 Å². The first-order valence-corrected chi connectivity index (χ1v) is 9.62. The molecule has 0 aliphatic carbocycles. The lowest BCUT2D eigenvalue weighted by molar-refractivity contribution is 0.117. The Balaban J connectivity index is 1.60. The average molecular weight is 274 g/mol. The van der Waals surface area contributed by atoms with Crippen LogP contribution in [0.4, 0.5) is 0 Å². The minimum absolute atomic E-state index is 0.200. The molecule has 1 aliphatic heterocycles. The van der Waals surface area contributed by atoms with Gasteiger partial charge < -0.3 is 14.2 Å². The van der Waals surface area contributed by atoms with Crippen LogP contribution in [0.3, 0.4) is 0 Å². The van der Waals surface area contributed by atoms with Gasteiger partial charge in [-0.15, -0.1) is 0 Å². The minimum atomic E-state index is 0.200. The van der Waals surface area contributed by atoms with E-state index in [2.05, 4.69) is 0 Å². The molecule has 1 aliphatic rings. The van der Waals surface area contributed by atoms with Gasteiger partial charge in [-0.05, 0) is 12.8 Å². The Morgan fingerprint density at radius 2 is 1.72 bits per heavy atom. The minimum Gasteiger partial charge on any atom is -0.385 e. The summed E-state index contributed by atoms with van der Waals surface area (Å²) in [7, 11) is 1.98. The summed E-state index contributed by atoms with van der Waals surface area (Å²) in [5, 5.41) is 0. The van der Waals surface area contributed by atoms with Gasteiger partial charge in [0.05, 0.1) is 13.2 Å². The highest BCUT2D eigenvalue weighted by atomic mass is 28.2. The van der Waals surface area contributed by atoms with Crippen molar-refractivity contribution in [1.82, 2.24) is 0 Å². The summed E-state index contributed by atoms with van der Waals surface area (Å²) in [6.07, 6.45) is 8.54. The van der Waals surface area contributed by atoms with Gasteiger partial charge in [0, 0.05) is 29.8 Å². The van der Waals surface area contributed by atoms with E-state index in [9.17, 15) is 0 Å². The van der Waals surface area contributed by atoms with Crippen LogP contribution in [0.2, 0.25) is 12.1 Å². The summed E-state index contributed by atoms with van der Waals surface area (Å²) in [5.41, 5.74) is 0. The van der Waals surface area contributed by atoms with E-state index in [1.807, 2.05) is 0 Å². The zero-order chi connectivity index (χ0) is 12.9. The normalized spacial score (nSPS) is 18.8. The molecular formula is C14H30O3Si. The van der Waals surface area contributed by atoms with Gasteiger partial charge in [-0.2, -0.15) is 0 Å². The van der Waals surface area contributed by atoms with Gasteiger partial charge in [0.25, 0.3) is 0 Å². The van der Waals surface area contributed by atoms with Gasteiger partial charge in [-0.25, -0.2) is 0 Å². The smallest absolute Gasteiger partial charge is 0.104 e. The second kappa shape index (κ2) is 12.1. The van der Waals surface area contributed by atoms with Gasteiger partial charge in [0.15, 0.2) is 0 Å². The van der Waals surface area contributed by atoms with E-state index in [0.29, 0.717) is 6.10 Å². The molecule has 0 amide bonds. The third-order valence-corrected chi connectivity index (χ3v) is 5.34. The van der Waals surface area contributed by atoms with Crippen LogP contribution in [0.1, 0.15) is 38.5 Å². The molecule has 3 nitrogen and oxygen atoms in total. The molecule has 0 aromatic carbocycles. The van der Waals surface area contributed by atoms with Gasteiger partial charge in [0.1, 0.15) is 6.10 Å². The lowest BCUT2D eigenvalue weighted by Gasteiger charge is -2.03. The first-order chi connectivity index (χ1) is 8.93. The summed E-state index contributed by atoms with van der Waals surface area (Å²) >= 11 is 0. The number of epoxide rings is 1. The summed E-state index contributed by atoms with van der Waals surface area (Å²) in [4.78, 5) is 0. The van der Waals surface area contributed by atoms with Crippen molar-refractivity contribution in [3.05, 3.63) is 0 Å². The average Bonchev–Trinajstić information content (AvgIpc) is 3.19. The maximum absolute atomic E-state index is 5.53. The molecule has 1 heterocycles. The highest BCUT2D eigenvalue weighted by Crippen LogP contribution is 2.09. The van der Waals surface area contributed by atoms with E-state index in [-0.39, 0.29) is 9.52 Å². The molecule has 1 atom stereocenters. The predicted octanol–water partition coefficient (Wildman–Crippen LogP) is 2.39. The molecule has 0 N–H and O–H groups in total. The fourth-order valence-corrected chi connectivity index (χ4v) is 3.69. The van der Waals surface area contributed by atoms with Gasteiger partial charge in [0.2, 0.25) is 0 Å². The van der Waals surface area contributed by atoms with E-state index in [1.165, 1.54) is 50.6 Å². The first kappa shape index (κ1) is 16.2. The monoisotopic (exact) mass is 274 g/mol. The number of methoxy groups -OCH3 is 1. The van der Waals surface area contributed by atoms with Crippen molar-refractivity contribution in [3.8, 4) is 0 Å². The highest BCUT2D eigenvalue weighted by Gasteiger charge is 2.21. The summed E-state index contributed by atoms with van der Waals surface area (Å²) in [6.45, 7) is 3.62. The highest BCUT2D eigenvalue weighted by molar-refractivity contribution is 6.35. The van der Waals surface area contributed by atoms with Gasteiger partial charge >= 0.3 is 0 Å². The topological polar surface area (TPSA) is 31.0 Å². The van der Waals surface area contributed by atoms with Crippen LogP contribution >= 0.6 is 0 Å². The molecule has 0 radical (unpaired) electrons. The largest absolute Gasteiger partial charge is 0.385 e. The van der Waals surface area contributed by atoms with Crippen LogP contribution in [0.5, 0.6) is 0 Å². The molecule has 0 aromatic rings. The SMILES string of the molecule is COCCCCCCC[SiH2]CCCOCC1CO1. The maximum Gasteiger partial charge on any atom is 0.104 e. The van der Waals surface area contributed by atoms with E-state index in [0.717, 1.165) is 26.4 Å². The maximum atomic E-state index is 5.53. The summed E-state index contributed by atoms with van der Waals surface area (Å²) in [5.74, 6) is 0. The molecule has 0 bridgehead atoms. The van der Waals surface area contributed by atoms with Crippen molar-refractivity contribution in [2.75, 3.05) is 33.5 Å². The van der Waals surface area contributed by atoms with Crippen molar-refractivity contribution in [3.63, 3.8) is 0 Å². The van der Waals surface area contributed by atoms with Crippen molar-refractivity contribution in [2.45, 2.75) is 56.7 Å². The van der Waals surface area contributed by atoms with Crippen LogP contribution in [0.25, 0.3) is 0 Å². The zero-order valence-corrected chi connectivity index (χ0v) is 13.4. The van der Waals surface area contributed by atoms with Crippen molar-refractivity contribution in [1.29, 1.82) is 0 Å². The van der Waals surface area contributed by atoms with Gasteiger partial charge in [-0.3, -0.25) is 0 Å². The Morgan fingerprint density at radius 1 is 1.00 bits per heavy atom. The lowest BCUT2D eigenvalue weighted by Crippen LogP contribution is -2.03. The Kier molecular flexibility index (Phi) is 10.9. The van der Waals surface area contributed by atoms with Crippen molar-refractivity contribution >= 4 is 9.52 Å². The van der Waals surface area contributed by atoms with Crippen molar-refractivity contribution in [2.24, 2.45) is 0 Å². The molecule has 0 spiro atoms. The molecule has 1 fully saturated rings. The molecule has 4 heteroatoms. The Morgan fingerprint density at radius 3 is 2.50 bits per heavy atom. The van der Waals surface area contributed by atoms with E-state index < -0.39 is 0 Å². The third kappa shape index (κ3) is 11.2. The quantitative estimate of drug-likeness (QED) is 0.277. The summed E-state index contributed by atoms with van der Waals surface area (Å²) in [6, 6.07) is 2.98. The second-order valence-corrected chi connectivity index (χ2v) is 7.33. The molecule has 1 saturated heterocycles. The molecule has 108 valence electrons. The standard InChI is InChI=1S/C14H30O3Si/c1-15-8-5-3-2-4-6-10-18-11-7-9-16-12-14-13-17-14/h14H,2-13,18H2,1H3. The molecule has 1 rings (SSSR count). The Hall–Kier alpha value is 0.0969. The van der Waals surface area contributed by atoms with Crippen LogP contribution in [-0.4, -0.2) is 49.2 Å². The number of hydrogen-bond acceptors (Lipinski definition) is 3. The summed E-state index contributed by atoms with van der Waals surface area (Å²) < 4.78 is 15.7. The predicted molar refractivity (Wildman–Crippen MR) is 78.3 cm³/mol. The third-order valence-electron chi connectivity index (χ3n) is 3.34. The number of rotatable bonds is 14. The van der Waals surface area contributed by atoms with E-state index in [4.69, 9.17) is 14.2 Å². The number of hydrogen-bond donors (Lipinski definition) is 0. The fraction of sp³-hybridized carbons (Fsp3) is 1.00. The molecular weight excluding hydrogens is 244 g/mol. The Bertz CT molecular complexity index is 174. The number of ether oxygens (including phenoxy) is 3. The number of unbranched alkanes of at least 4 members (excludes halogenated alkanes) is 4. The lowest BCUT2D eigenvalue weighted by atomic mass is 10.2. The molecule has 1 unspecified atom stereocenters. The van der Waals surface area contributed by atoms with E-state index in [1.54, 1.807) is 7.11 Å². The van der Waals surface area contributed by atoms with Gasteiger partial charge in [-0.1, -0.05) is 37.8 Å². The van der Waals surface area contributed by atoms with E-state index >= 15 is 0 Å². The second-order valence-electron chi connectivity index (χ2n) is 5.21. The Labute approximate surface area is 114 Å². The molecule has 0 saturated carbocycles. The fourth-order valence-electron chi connectivity index (χ4n) is 2.07. The van der Waals surface area contributed by atoms with Crippen LogP contribution in [-0.2, 0) is 14.2 Å². The van der Waals surface area contributed by atoms with Crippen LogP contribution in [0, 0.1) is 0 Å².